The number of anilines is 17. The molecule has 18 aromatic carbocycles. The van der Waals surface area contributed by atoms with Crippen molar-refractivity contribution in [3.05, 3.63) is 449 Å². The van der Waals surface area contributed by atoms with Crippen LogP contribution in [-0.2, 0) is 10.1 Å². The van der Waals surface area contributed by atoms with Gasteiger partial charge in [-0.1, -0.05) is 291 Å². The maximum atomic E-state index is 14.0. The highest BCUT2D eigenvalue weighted by Crippen LogP contribution is 2.59. The van der Waals surface area contributed by atoms with Crippen molar-refractivity contribution >= 4 is 191 Å². The average molecular weight is 1620 g/mol. The van der Waals surface area contributed by atoms with Gasteiger partial charge >= 0.3 is 15.6 Å². The fraction of sp³-hybridized carbons (Fsp3) is 0.00952. The molecule has 15 heteroatoms. The molecular formula is C105H75F3N6O3S3. The maximum absolute atomic E-state index is 14.0. The summed E-state index contributed by atoms with van der Waals surface area (Å²) >= 11 is 3.07. The number of halogens is 3. The van der Waals surface area contributed by atoms with E-state index in [-0.39, 0.29) is 15.8 Å². The Bertz CT molecular complexity index is 6790. The molecular weight excluding hydrogens is 1550 g/mol. The molecule has 582 valence electrons. The van der Waals surface area contributed by atoms with Gasteiger partial charge in [-0.25, -0.2) is 0 Å². The standard InChI is InChI=1S/C52H37N3S.C41H27F3N2O3S2.C12H11N/c1-7-22-38(23-8-1)53(39-24-9-2-10-25-39)47-37-21-36-46-48-49(54(40-26-11-3-12-27-40)41-28-13-4-14-29-41)44-34-19-20-35-45(44)50(52(48)56-51(46)47)55(42-30-15-5-16-31-42)43-32-17-6-18-33-43;42-41(43,44)51(47,48)49-38-33-25-14-13-24-32(33)37(46(30-20-9-3-10-21-30)31-22-11-4-12-23-31)36-34-26-15-27-35(39(34)50-40(36)38)45(28-16-5-1-6-17-28)29-18-7-2-8-19-29;1-3-7-11(8-4-1)13-12-9-5-2-6-10-12/h1-37H;1-27H;1-10,13H. The minimum atomic E-state index is -6.04. The maximum Gasteiger partial charge on any atom is 0.534 e. The summed E-state index contributed by atoms with van der Waals surface area (Å²) in [5, 5.41) is 10.1. The first-order valence-corrected chi connectivity index (χ1v) is 42.3. The largest absolute Gasteiger partial charge is 0.534 e. The molecule has 1 N–H and O–H groups in total. The van der Waals surface area contributed by atoms with Crippen molar-refractivity contribution in [3.8, 4) is 5.75 Å². The highest BCUT2D eigenvalue weighted by Gasteiger charge is 2.49. The van der Waals surface area contributed by atoms with Crippen LogP contribution in [0.3, 0.4) is 0 Å². The molecule has 2 heterocycles. The Hall–Kier alpha value is -14.7. The molecule has 20 rings (SSSR count). The quantitative estimate of drug-likeness (QED) is 0.0484. The molecule has 0 radical (unpaired) electrons. The van der Waals surface area contributed by atoms with Gasteiger partial charge in [-0.15, -0.1) is 22.7 Å². The van der Waals surface area contributed by atoms with Crippen LogP contribution in [0.15, 0.2) is 449 Å². The van der Waals surface area contributed by atoms with Crippen LogP contribution in [0.25, 0.3) is 61.9 Å². The fourth-order valence-electron chi connectivity index (χ4n) is 15.6. The molecule has 0 aliphatic rings. The van der Waals surface area contributed by atoms with Crippen LogP contribution < -0.4 is 34.0 Å². The summed E-state index contributed by atoms with van der Waals surface area (Å²) in [5.41, 5.74) is 11.5. The molecule has 0 aliphatic carbocycles. The van der Waals surface area contributed by atoms with Crippen molar-refractivity contribution in [2.45, 2.75) is 5.51 Å². The smallest absolute Gasteiger partial charge is 0.374 e. The van der Waals surface area contributed by atoms with Crippen LogP contribution in [0.5, 0.6) is 5.75 Å². The normalized spacial score (nSPS) is 11.4. The van der Waals surface area contributed by atoms with E-state index in [4.69, 9.17) is 4.18 Å². The summed E-state index contributed by atoms with van der Waals surface area (Å²) in [4.78, 5) is 11.4. The second kappa shape index (κ2) is 34.2. The number of nitrogens with one attached hydrogen (secondary N) is 1. The lowest BCUT2D eigenvalue weighted by atomic mass is 9.97. The molecule has 9 nitrogen and oxygen atoms in total. The highest BCUT2D eigenvalue weighted by molar-refractivity contribution is 7.88. The van der Waals surface area contributed by atoms with E-state index < -0.39 is 15.6 Å². The minimum absolute atomic E-state index is 0.223. The predicted octanol–water partition coefficient (Wildman–Crippen LogP) is 31.4. The molecule has 120 heavy (non-hydrogen) atoms. The van der Waals surface area contributed by atoms with E-state index in [2.05, 4.69) is 254 Å². The highest BCUT2D eigenvalue weighted by atomic mass is 32.2. The van der Waals surface area contributed by atoms with Gasteiger partial charge in [-0.2, -0.15) is 21.6 Å². The van der Waals surface area contributed by atoms with E-state index in [0.29, 0.717) is 16.5 Å². The van der Waals surface area contributed by atoms with E-state index in [1.165, 1.54) is 42.3 Å². The molecule has 0 atom stereocenters. The van der Waals surface area contributed by atoms with Gasteiger partial charge in [0.05, 0.1) is 47.2 Å². The van der Waals surface area contributed by atoms with Crippen LogP contribution in [0.4, 0.5) is 110 Å². The molecule has 0 aliphatic heterocycles. The number of alkyl halides is 3. The number of thiophene rings is 2. The number of hydrogen-bond acceptors (Lipinski definition) is 11. The molecule has 20 aromatic rings. The topological polar surface area (TPSA) is 71.6 Å². The minimum Gasteiger partial charge on any atom is -0.374 e. The molecule has 0 unspecified atom stereocenters. The molecule has 0 bridgehead atoms. The Labute approximate surface area is 702 Å². The molecule has 0 spiro atoms. The third-order valence-electron chi connectivity index (χ3n) is 20.8. The van der Waals surface area contributed by atoms with Gasteiger partial charge in [0.15, 0.2) is 5.75 Å². The van der Waals surface area contributed by atoms with Crippen molar-refractivity contribution < 1.29 is 25.8 Å². The first kappa shape index (κ1) is 76.5. The number of rotatable bonds is 19. The summed E-state index contributed by atoms with van der Waals surface area (Å²) in [7, 11) is -6.04. The SMILES string of the molecule is O=S(=O)(Oc1c2ccccc2c(N(c2ccccc2)c2ccccc2)c2c1sc1c(N(c3ccccc3)c3ccccc3)cccc12)C(F)(F)F.c1ccc(N(c2ccccc2)c2cccc3c2sc2c(N(c4ccccc4)c4ccccc4)c4ccccc4c(N(c4ccccc4)c4ccccc4)c23)cc1.c1ccc(Nc2ccccc2)cc1. The monoisotopic (exact) mass is 1620 g/mol. The van der Waals surface area contributed by atoms with Crippen molar-refractivity contribution in [1.82, 2.24) is 0 Å². The second-order valence-corrected chi connectivity index (χ2v) is 31.8. The summed E-state index contributed by atoms with van der Waals surface area (Å²) in [6, 6.07) is 152. The third-order valence-corrected chi connectivity index (χ3v) is 24.2. The second-order valence-electron chi connectivity index (χ2n) is 28.3. The third kappa shape index (κ3) is 15.3. The fourth-order valence-corrected chi connectivity index (χ4v) is 18.8. The van der Waals surface area contributed by atoms with E-state index in [9.17, 15) is 21.6 Å². The van der Waals surface area contributed by atoms with Gasteiger partial charge in [-0.3, -0.25) is 0 Å². The Kier molecular flexibility index (Phi) is 21.8. The lowest BCUT2D eigenvalue weighted by Crippen LogP contribution is -2.28. The van der Waals surface area contributed by atoms with Gasteiger partial charge < -0.3 is 34.0 Å². The summed E-state index contributed by atoms with van der Waals surface area (Å²) in [6.07, 6.45) is 0. The van der Waals surface area contributed by atoms with Crippen LogP contribution in [0.2, 0.25) is 0 Å². The molecule has 0 amide bonds. The lowest BCUT2D eigenvalue weighted by molar-refractivity contribution is -0.0499. The van der Waals surface area contributed by atoms with Gasteiger partial charge in [0.1, 0.15) is 0 Å². The van der Waals surface area contributed by atoms with Crippen molar-refractivity contribution in [2.24, 2.45) is 0 Å². The Morgan fingerprint density at radius 2 is 0.458 bits per heavy atom. The molecule has 2 aromatic heterocycles. The summed E-state index contributed by atoms with van der Waals surface area (Å²) < 4.78 is 76.1. The van der Waals surface area contributed by atoms with Gasteiger partial charge in [0.25, 0.3) is 0 Å². The van der Waals surface area contributed by atoms with Gasteiger partial charge in [0, 0.05) is 111 Å². The summed E-state index contributed by atoms with van der Waals surface area (Å²) in [6.45, 7) is 0. The van der Waals surface area contributed by atoms with Gasteiger partial charge in [-0.05, 0) is 158 Å². The first-order valence-electron chi connectivity index (χ1n) is 39.2. The van der Waals surface area contributed by atoms with Crippen LogP contribution in [0, 0.1) is 0 Å². The van der Waals surface area contributed by atoms with Crippen LogP contribution >= 0.6 is 22.7 Å². The zero-order chi connectivity index (χ0) is 81.4. The van der Waals surface area contributed by atoms with E-state index >= 15 is 0 Å². The van der Waals surface area contributed by atoms with E-state index in [1.807, 2.05) is 212 Å². The van der Waals surface area contributed by atoms with Gasteiger partial charge in [0.2, 0.25) is 0 Å². The first-order chi connectivity index (χ1) is 59.0. The molecule has 0 saturated heterocycles. The molecule has 0 fully saturated rings. The average Bonchev–Trinajstić information content (AvgIpc) is 1.51. The Balaban J connectivity index is 0.000000143. The van der Waals surface area contributed by atoms with Crippen LogP contribution in [-0.4, -0.2) is 13.9 Å². The molecule has 0 saturated carbocycles. The van der Waals surface area contributed by atoms with Crippen molar-refractivity contribution in [3.63, 3.8) is 0 Å². The Morgan fingerprint density at radius 1 is 0.233 bits per heavy atom. The van der Waals surface area contributed by atoms with Crippen molar-refractivity contribution in [1.29, 1.82) is 0 Å². The number of fused-ring (bicyclic) bond motifs is 8. The predicted molar refractivity (Wildman–Crippen MR) is 499 cm³/mol. The van der Waals surface area contributed by atoms with Crippen molar-refractivity contribution in [2.75, 3.05) is 29.8 Å². The lowest BCUT2D eigenvalue weighted by Gasteiger charge is -2.32. The van der Waals surface area contributed by atoms with E-state index in [1.54, 1.807) is 24.3 Å². The number of benzene rings is 18. The number of para-hydroxylation sites is 12. The number of nitrogens with zero attached hydrogens (tertiary/aromatic N) is 5. The Morgan fingerprint density at radius 3 is 0.758 bits per heavy atom. The van der Waals surface area contributed by atoms with Crippen LogP contribution in [0.1, 0.15) is 0 Å². The zero-order valence-electron chi connectivity index (χ0n) is 64.5. The van der Waals surface area contributed by atoms with E-state index in [0.717, 1.165) is 101 Å². The number of hydrogen-bond donors (Lipinski definition) is 1. The summed E-state index contributed by atoms with van der Waals surface area (Å²) in [5.74, 6) is -0.374. The zero-order valence-corrected chi connectivity index (χ0v) is 67.0.